The fourth-order valence-electron chi connectivity index (χ4n) is 2.51. The molecule has 1 aliphatic rings. The molecular formula is C13H19N2O+. The number of benzene rings is 1. The summed E-state index contributed by atoms with van der Waals surface area (Å²) < 4.78 is 0.435. The highest BCUT2D eigenvalue weighted by molar-refractivity contribution is 5.64. The summed E-state index contributed by atoms with van der Waals surface area (Å²) in [6.07, 6.45) is 3.44. The van der Waals surface area contributed by atoms with Crippen molar-refractivity contribution in [2.45, 2.75) is 25.8 Å². The van der Waals surface area contributed by atoms with Gasteiger partial charge in [0.1, 0.15) is 6.54 Å². The lowest BCUT2D eigenvalue weighted by Crippen LogP contribution is -2.57. The second-order valence-corrected chi connectivity index (χ2v) is 4.63. The number of carbonyl (C=O) groups is 1. The summed E-state index contributed by atoms with van der Waals surface area (Å²) in [7, 11) is 0. The molecule has 0 atom stereocenters. The molecule has 1 aromatic carbocycles. The van der Waals surface area contributed by atoms with Crippen LogP contribution >= 0.6 is 0 Å². The van der Waals surface area contributed by atoms with E-state index in [9.17, 15) is 4.79 Å². The zero-order valence-corrected chi connectivity index (χ0v) is 9.56. The van der Waals surface area contributed by atoms with Crippen LogP contribution in [-0.2, 0) is 6.54 Å². The van der Waals surface area contributed by atoms with Gasteiger partial charge in [0, 0.05) is 5.56 Å². The molecule has 0 bridgehead atoms. The van der Waals surface area contributed by atoms with Gasteiger partial charge in [-0.3, -0.25) is 0 Å². The van der Waals surface area contributed by atoms with Crippen LogP contribution in [0.3, 0.4) is 0 Å². The molecule has 16 heavy (non-hydrogen) atoms. The summed E-state index contributed by atoms with van der Waals surface area (Å²) in [5, 5.41) is 0. The van der Waals surface area contributed by atoms with Crippen molar-refractivity contribution in [3.05, 3.63) is 35.9 Å². The minimum atomic E-state index is -0.177. The average Bonchev–Trinajstić information content (AvgIpc) is 2.31. The number of carbonyl (C=O) groups excluding carboxylic acids is 1. The largest absolute Gasteiger partial charge is 0.414 e. The van der Waals surface area contributed by atoms with Gasteiger partial charge in [-0.15, -0.1) is 0 Å². The summed E-state index contributed by atoms with van der Waals surface area (Å²) in [4.78, 5) is 11.7. The summed E-state index contributed by atoms with van der Waals surface area (Å²) in [6, 6.07) is 9.97. The van der Waals surface area contributed by atoms with Gasteiger partial charge in [0.15, 0.2) is 0 Å². The first kappa shape index (κ1) is 11.1. The van der Waals surface area contributed by atoms with Crippen LogP contribution in [-0.4, -0.2) is 23.6 Å². The molecule has 1 aliphatic heterocycles. The van der Waals surface area contributed by atoms with E-state index in [0.29, 0.717) is 4.48 Å². The first-order valence-electron chi connectivity index (χ1n) is 5.93. The number of likely N-dealkylation sites (tertiary alicyclic amines) is 1. The minimum Gasteiger partial charge on any atom is -0.319 e. The highest BCUT2D eigenvalue weighted by Crippen LogP contribution is 2.22. The molecule has 3 nitrogen and oxygen atoms in total. The highest BCUT2D eigenvalue weighted by Gasteiger charge is 2.36. The topological polar surface area (TPSA) is 43.1 Å². The monoisotopic (exact) mass is 219 g/mol. The van der Waals surface area contributed by atoms with Gasteiger partial charge in [0.2, 0.25) is 0 Å². The van der Waals surface area contributed by atoms with Gasteiger partial charge >= 0.3 is 6.03 Å². The van der Waals surface area contributed by atoms with Crippen molar-refractivity contribution in [2.75, 3.05) is 13.1 Å². The van der Waals surface area contributed by atoms with Crippen molar-refractivity contribution in [3.8, 4) is 0 Å². The van der Waals surface area contributed by atoms with Crippen molar-refractivity contribution >= 4 is 6.03 Å². The standard InChI is InChI=1S/C13H18N2O/c14-13(16)15(9-5-2-6-10-15)11-12-7-3-1-4-8-12/h1,3-4,7-8H,2,5-6,9-11H2,(H-,14,16)/p+1. The van der Waals surface area contributed by atoms with E-state index in [4.69, 9.17) is 5.73 Å². The molecule has 0 saturated carbocycles. The van der Waals surface area contributed by atoms with Gasteiger partial charge in [-0.2, -0.15) is 0 Å². The molecule has 0 spiro atoms. The number of piperidine rings is 1. The molecule has 2 N–H and O–H groups in total. The molecular weight excluding hydrogens is 200 g/mol. The lowest BCUT2D eigenvalue weighted by Gasteiger charge is -2.37. The molecule has 2 amide bonds. The van der Waals surface area contributed by atoms with Crippen LogP contribution < -0.4 is 5.73 Å². The number of nitrogens with zero attached hydrogens (tertiary/aromatic N) is 1. The number of primary amides is 1. The number of hydrogen-bond donors (Lipinski definition) is 1. The Hall–Kier alpha value is -1.35. The fraction of sp³-hybridized carbons (Fsp3) is 0.462. The third-order valence-electron chi connectivity index (χ3n) is 3.47. The molecule has 1 saturated heterocycles. The number of hydrogen-bond acceptors (Lipinski definition) is 1. The van der Waals surface area contributed by atoms with Crippen LogP contribution in [0.2, 0.25) is 0 Å². The summed E-state index contributed by atoms with van der Waals surface area (Å²) >= 11 is 0. The van der Waals surface area contributed by atoms with E-state index in [1.54, 1.807) is 0 Å². The van der Waals surface area contributed by atoms with Crippen LogP contribution in [0.1, 0.15) is 24.8 Å². The van der Waals surface area contributed by atoms with Crippen LogP contribution in [0.4, 0.5) is 4.79 Å². The van der Waals surface area contributed by atoms with Gasteiger partial charge in [-0.05, 0) is 19.3 Å². The van der Waals surface area contributed by atoms with Gasteiger partial charge in [0.05, 0.1) is 13.1 Å². The number of rotatable bonds is 2. The Morgan fingerprint density at radius 1 is 1.12 bits per heavy atom. The van der Waals surface area contributed by atoms with Crippen LogP contribution in [0, 0.1) is 0 Å². The van der Waals surface area contributed by atoms with Crippen molar-refractivity contribution in [2.24, 2.45) is 5.73 Å². The molecule has 1 heterocycles. The molecule has 0 aliphatic carbocycles. The van der Waals surface area contributed by atoms with Crippen molar-refractivity contribution in [1.82, 2.24) is 0 Å². The van der Waals surface area contributed by atoms with Crippen LogP contribution in [0.15, 0.2) is 30.3 Å². The van der Waals surface area contributed by atoms with E-state index >= 15 is 0 Å². The Morgan fingerprint density at radius 3 is 2.31 bits per heavy atom. The third kappa shape index (κ3) is 2.25. The molecule has 0 unspecified atom stereocenters. The second kappa shape index (κ2) is 4.66. The van der Waals surface area contributed by atoms with Gasteiger partial charge in [-0.1, -0.05) is 30.3 Å². The van der Waals surface area contributed by atoms with Crippen LogP contribution in [0.25, 0.3) is 0 Å². The molecule has 0 radical (unpaired) electrons. The van der Waals surface area contributed by atoms with E-state index in [-0.39, 0.29) is 6.03 Å². The van der Waals surface area contributed by atoms with Crippen molar-refractivity contribution < 1.29 is 9.28 Å². The SMILES string of the molecule is NC(=O)[N+]1(Cc2ccccc2)CCCCC1. The lowest BCUT2D eigenvalue weighted by molar-refractivity contribution is -0.867. The van der Waals surface area contributed by atoms with Gasteiger partial charge in [0.25, 0.3) is 0 Å². The number of amides is 2. The predicted molar refractivity (Wildman–Crippen MR) is 63.6 cm³/mol. The second-order valence-electron chi connectivity index (χ2n) is 4.63. The Morgan fingerprint density at radius 2 is 1.75 bits per heavy atom. The molecule has 1 aromatic rings. The summed E-state index contributed by atoms with van der Waals surface area (Å²) in [6.45, 7) is 2.53. The third-order valence-corrected chi connectivity index (χ3v) is 3.47. The van der Waals surface area contributed by atoms with E-state index in [2.05, 4.69) is 12.1 Å². The molecule has 0 aromatic heterocycles. The quantitative estimate of drug-likeness (QED) is 0.762. The van der Waals surface area contributed by atoms with E-state index < -0.39 is 0 Å². The Balaban J connectivity index is 2.17. The Labute approximate surface area is 96.5 Å². The molecule has 2 rings (SSSR count). The summed E-state index contributed by atoms with van der Waals surface area (Å²) in [5.74, 6) is 0. The van der Waals surface area contributed by atoms with Crippen molar-refractivity contribution in [1.29, 1.82) is 0 Å². The smallest absolute Gasteiger partial charge is 0.319 e. The number of urea groups is 1. The maximum Gasteiger partial charge on any atom is 0.414 e. The van der Waals surface area contributed by atoms with Gasteiger partial charge in [-0.25, -0.2) is 9.28 Å². The maximum absolute atomic E-state index is 11.7. The maximum atomic E-state index is 11.7. The minimum absolute atomic E-state index is 0.177. The number of nitrogens with two attached hydrogens (primary N) is 1. The highest BCUT2D eigenvalue weighted by atomic mass is 16.2. The van der Waals surface area contributed by atoms with E-state index in [1.807, 2.05) is 18.2 Å². The summed E-state index contributed by atoms with van der Waals surface area (Å²) in [5.41, 5.74) is 6.78. The van der Waals surface area contributed by atoms with Gasteiger partial charge < -0.3 is 5.73 Å². The van der Waals surface area contributed by atoms with Crippen molar-refractivity contribution in [3.63, 3.8) is 0 Å². The lowest BCUT2D eigenvalue weighted by atomic mass is 10.1. The zero-order chi connectivity index (χ0) is 11.4. The predicted octanol–water partition coefficient (Wildman–Crippen LogP) is 2.27. The Bertz CT molecular complexity index is 355. The first-order chi connectivity index (χ1) is 7.73. The zero-order valence-electron chi connectivity index (χ0n) is 9.56. The molecule has 1 fully saturated rings. The molecule has 3 heteroatoms. The number of quaternary nitrogens is 1. The fourth-order valence-corrected chi connectivity index (χ4v) is 2.51. The Kier molecular flexibility index (Phi) is 3.25. The van der Waals surface area contributed by atoms with Crippen LogP contribution in [0.5, 0.6) is 0 Å². The van der Waals surface area contributed by atoms with E-state index in [1.165, 1.54) is 12.0 Å². The molecule has 86 valence electrons. The average molecular weight is 219 g/mol. The first-order valence-corrected chi connectivity index (χ1v) is 5.93. The normalized spacial score (nSPS) is 19.2. The van der Waals surface area contributed by atoms with E-state index in [0.717, 1.165) is 32.5 Å².